The van der Waals surface area contributed by atoms with Gasteiger partial charge in [-0.3, -0.25) is 0 Å². The molecule has 0 aliphatic carbocycles. The van der Waals surface area contributed by atoms with Crippen LogP contribution in [0.5, 0.6) is 0 Å². The second-order valence-corrected chi connectivity index (χ2v) is 24.1. The van der Waals surface area contributed by atoms with Gasteiger partial charge in [0, 0.05) is 7.26 Å². The standard InChI is InChI=1S/C32H67P.C20H44P/c1-5-9-13-17-18-19-20-21-22-24-28-31(27-23-14-10-6-2)32(33,29-25-15-11-7-3)30-26-16-12-8-4;1-5-9-13-15-19-21(17-11-7-3,18-12-8-4)20-16-14-10-6-2/h31H,5-30,33H2,1-4H3;5-20H2,1-4H3/q;+1. The van der Waals surface area contributed by atoms with E-state index in [-0.39, 0.29) is 0 Å². The summed E-state index contributed by atoms with van der Waals surface area (Å²) in [6, 6.07) is 0. The molecule has 0 heterocycles. The highest BCUT2D eigenvalue weighted by Crippen LogP contribution is 2.61. The number of hydrogen-bond donors (Lipinski definition) is 0. The molecule has 0 aromatic carbocycles. The first kappa shape index (κ1) is 57.0. The Morgan fingerprint density at radius 1 is 0.296 bits per heavy atom. The first-order valence-corrected chi connectivity index (χ1v) is 29.1. The summed E-state index contributed by atoms with van der Waals surface area (Å²) in [5.74, 6) is 0.941. The molecule has 0 aliphatic heterocycles. The summed E-state index contributed by atoms with van der Waals surface area (Å²) in [5.41, 5.74) is 0. The number of unbranched alkanes of at least 4 members (excludes halogenated alkanes) is 26. The van der Waals surface area contributed by atoms with E-state index >= 15 is 0 Å². The average Bonchev–Trinajstić information content (AvgIpc) is 3.18. The molecule has 54 heavy (non-hydrogen) atoms. The van der Waals surface area contributed by atoms with E-state index in [9.17, 15) is 0 Å². The summed E-state index contributed by atoms with van der Waals surface area (Å²) in [7, 11) is 2.88. The molecule has 0 radical (unpaired) electrons. The minimum absolute atomic E-state index is 0.521. The third-order valence-electron chi connectivity index (χ3n) is 13.1. The van der Waals surface area contributed by atoms with Crippen LogP contribution in [0.15, 0.2) is 0 Å². The minimum Gasteiger partial charge on any atom is -0.131 e. The summed E-state index contributed by atoms with van der Waals surface area (Å²) in [4.78, 5) is 0. The molecule has 0 spiro atoms. The molecule has 0 bridgehead atoms. The van der Waals surface area contributed by atoms with E-state index in [0.29, 0.717) is 5.16 Å². The van der Waals surface area contributed by atoms with Crippen LogP contribution in [0.2, 0.25) is 0 Å². The van der Waals surface area contributed by atoms with Crippen LogP contribution in [0.4, 0.5) is 0 Å². The van der Waals surface area contributed by atoms with Crippen molar-refractivity contribution in [2.24, 2.45) is 5.92 Å². The maximum Gasteiger partial charge on any atom is 0.0594 e. The highest BCUT2D eigenvalue weighted by Gasteiger charge is 2.35. The van der Waals surface area contributed by atoms with Crippen LogP contribution in [-0.4, -0.2) is 29.8 Å². The quantitative estimate of drug-likeness (QED) is 0.0426. The molecule has 0 nitrogen and oxygen atoms in total. The summed E-state index contributed by atoms with van der Waals surface area (Å²) in [6.45, 7) is 18.8. The first-order valence-electron chi connectivity index (χ1n) is 26.0. The van der Waals surface area contributed by atoms with E-state index in [1.54, 1.807) is 24.6 Å². The molecule has 2 atom stereocenters. The third-order valence-corrected chi connectivity index (χ3v) is 19.2. The summed E-state index contributed by atoms with van der Waals surface area (Å²) >= 11 is 0. The fourth-order valence-corrected chi connectivity index (χ4v) is 15.0. The predicted molar refractivity (Wildman–Crippen MR) is 263 cm³/mol. The molecular weight excluding hydrogens is 687 g/mol. The lowest BCUT2D eigenvalue weighted by Crippen LogP contribution is -2.32. The van der Waals surface area contributed by atoms with Crippen LogP contribution >= 0.6 is 16.5 Å². The lowest BCUT2D eigenvalue weighted by atomic mass is 9.77. The monoisotopic (exact) mass is 798 g/mol. The van der Waals surface area contributed by atoms with Crippen LogP contribution in [0.25, 0.3) is 0 Å². The zero-order valence-corrected chi connectivity index (χ0v) is 41.8. The molecule has 2 unspecified atom stereocenters. The smallest absolute Gasteiger partial charge is 0.0594 e. The third kappa shape index (κ3) is 36.0. The predicted octanol–water partition coefficient (Wildman–Crippen LogP) is 20.2. The lowest BCUT2D eigenvalue weighted by molar-refractivity contribution is 0.270. The van der Waals surface area contributed by atoms with E-state index in [0.717, 1.165) is 5.92 Å². The molecular formula is C52H111P2+. The maximum absolute atomic E-state index is 3.49. The maximum atomic E-state index is 3.49. The molecule has 0 N–H and O–H groups in total. The van der Waals surface area contributed by atoms with Crippen molar-refractivity contribution in [3.05, 3.63) is 0 Å². The molecule has 0 fully saturated rings. The van der Waals surface area contributed by atoms with Gasteiger partial charge in [0.2, 0.25) is 0 Å². The van der Waals surface area contributed by atoms with Crippen LogP contribution in [0.1, 0.15) is 299 Å². The van der Waals surface area contributed by atoms with Gasteiger partial charge in [-0.25, -0.2) is 0 Å². The largest absolute Gasteiger partial charge is 0.131 e. The molecule has 2 heteroatoms. The Labute approximate surface area is 350 Å². The molecule has 328 valence electrons. The second kappa shape index (κ2) is 45.0. The normalized spacial score (nSPS) is 12.6. The van der Waals surface area contributed by atoms with Crippen molar-refractivity contribution in [1.29, 1.82) is 0 Å². The van der Waals surface area contributed by atoms with Crippen molar-refractivity contribution in [2.45, 2.75) is 305 Å². The van der Waals surface area contributed by atoms with Crippen molar-refractivity contribution in [1.82, 2.24) is 0 Å². The SMILES string of the molecule is CCCCCCCCCCCCC(CCCCCC)C(P)(CCCCCC)CCCCCC.CCCCCC[P+](CCCC)(CCCC)CCCCCC. The Morgan fingerprint density at radius 2 is 0.537 bits per heavy atom. The zero-order valence-electron chi connectivity index (χ0n) is 39.8. The van der Waals surface area contributed by atoms with Gasteiger partial charge in [0.1, 0.15) is 0 Å². The summed E-state index contributed by atoms with van der Waals surface area (Å²) in [5, 5.41) is 0.521. The van der Waals surface area contributed by atoms with Gasteiger partial charge in [0.25, 0.3) is 0 Å². The van der Waals surface area contributed by atoms with Crippen molar-refractivity contribution in [2.75, 3.05) is 24.6 Å². The molecule has 0 aliphatic rings. The van der Waals surface area contributed by atoms with Crippen molar-refractivity contribution >= 4 is 16.5 Å². The molecule has 0 aromatic heterocycles. The van der Waals surface area contributed by atoms with E-state index in [4.69, 9.17) is 0 Å². The van der Waals surface area contributed by atoms with Crippen LogP contribution in [0, 0.1) is 5.92 Å². The van der Waals surface area contributed by atoms with Gasteiger partial charge < -0.3 is 0 Å². The second-order valence-electron chi connectivity index (χ2n) is 18.4. The van der Waals surface area contributed by atoms with Gasteiger partial charge in [0.05, 0.1) is 24.6 Å². The van der Waals surface area contributed by atoms with Crippen LogP contribution < -0.4 is 0 Å². The summed E-state index contributed by atoms with van der Waals surface area (Å²) < 4.78 is 0. The van der Waals surface area contributed by atoms with E-state index in [1.165, 1.54) is 244 Å². The molecule has 0 saturated carbocycles. The fraction of sp³-hybridized carbons (Fsp3) is 1.00. The summed E-state index contributed by atoms with van der Waals surface area (Å²) in [6.07, 6.45) is 61.6. The highest BCUT2D eigenvalue weighted by molar-refractivity contribution is 7.75. The fourth-order valence-electron chi connectivity index (χ4n) is 9.12. The molecule has 0 aromatic rings. The van der Waals surface area contributed by atoms with Gasteiger partial charge in [0.15, 0.2) is 0 Å². The highest BCUT2D eigenvalue weighted by atomic mass is 31.2. The van der Waals surface area contributed by atoms with Crippen molar-refractivity contribution in [3.63, 3.8) is 0 Å². The van der Waals surface area contributed by atoms with Crippen molar-refractivity contribution < 1.29 is 0 Å². The van der Waals surface area contributed by atoms with Gasteiger partial charge in [-0.05, 0) is 75.3 Å². The first-order chi connectivity index (χ1) is 26.4. The van der Waals surface area contributed by atoms with Gasteiger partial charge in [-0.1, -0.05) is 235 Å². The van der Waals surface area contributed by atoms with E-state index < -0.39 is 7.26 Å². The average molecular weight is 798 g/mol. The minimum atomic E-state index is -0.610. The lowest BCUT2D eigenvalue weighted by Gasteiger charge is -2.39. The Kier molecular flexibility index (Phi) is 47.4. The van der Waals surface area contributed by atoms with E-state index in [2.05, 4.69) is 64.6 Å². The molecule has 0 saturated heterocycles. The van der Waals surface area contributed by atoms with Crippen LogP contribution in [-0.2, 0) is 0 Å². The van der Waals surface area contributed by atoms with Crippen LogP contribution in [0.3, 0.4) is 0 Å². The Hall–Kier alpha value is 0.860. The Bertz CT molecular complexity index is 639. The van der Waals surface area contributed by atoms with Crippen molar-refractivity contribution in [3.8, 4) is 0 Å². The topological polar surface area (TPSA) is 0 Å². The van der Waals surface area contributed by atoms with Gasteiger partial charge in [-0.15, -0.1) is 9.24 Å². The van der Waals surface area contributed by atoms with E-state index in [1.807, 2.05) is 0 Å². The Balaban J connectivity index is 0. The molecule has 0 amide bonds. The number of hydrogen-bond acceptors (Lipinski definition) is 0. The van der Waals surface area contributed by atoms with Gasteiger partial charge in [-0.2, -0.15) is 0 Å². The van der Waals surface area contributed by atoms with Gasteiger partial charge >= 0.3 is 0 Å². The Morgan fingerprint density at radius 3 is 0.870 bits per heavy atom. The molecule has 0 rings (SSSR count). The zero-order chi connectivity index (χ0) is 40.3. The number of rotatable bonds is 43.